The Balaban J connectivity index is 1.87. The average molecular weight is 411 g/mol. The van der Waals surface area contributed by atoms with Crippen LogP contribution in [0.4, 0.5) is 10.2 Å². The molecule has 2 aromatic carbocycles. The Bertz CT molecular complexity index is 1110. The highest BCUT2D eigenvalue weighted by Crippen LogP contribution is 2.46. The molecule has 0 spiro atoms. The molecule has 0 saturated heterocycles. The van der Waals surface area contributed by atoms with Gasteiger partial charge in [0.2, 0.25) is 5.91 Å². The number of thioether (sulfide) groups is 1. The van der Waals surface area contributed by atoms with Gasteiger partial charge >= 0.3 is 5.97 Å². The van der Waals surface area contributed by atoms with Crippen molar-refractivity contribution in [2.75, 3.05) is 5.32 Å². The highest BCUT2D eigenvalue weighted by molar-refractivity contribution is 8.01. The Kier molecular flexibility index (Phi) is 4.87. The van der Waals surface area contributed by atoms with Crippen LogP contribution < -0.4 is 5.32 Å². The van der Waals surface area contributed by atoms with Crippen molar-refractivity contribution in [3.05, 3.63) is 76.7 Å². The lowest BCUT2D eigenvalue weighted by Gasteiger charge is -2.17. The van der Waals surface area contributed by atoms with Crippen LogP contribution in [-0.2, 0) is 4.79 Å². The van der Waals surface area contributed by atoms with Crippen molar-refractivity contribution < 1.29 is 19.1 Å². The van der Waals surface area contributed by atoms with Gasteiger partial charge in [-0.2, -0.15) is 5.10 Å². The van der Waals surface area contributed by atoms with Crippen molar-refractivity contribution in [3.63, 3.8) is 0 Å². The molecule has 0 fully saturated rings. The van der Waals surface area contributed by atoms with Gasteiger partial charge in [0.25, 0.3) is 0 Å². The van der Waals surface area contributed by atoms with Gasteiger partial charge in [-0.3, -0.25) is 4.79 Å². The van der Waals surface area contributed by atoms with Crippen molar-refractivity contribution in [2.24, 2.45) is 0 Å². The predicted molar refractivity (Wildman–Crippen MR) is 109 cm³/mol. The van der Waals surface area contributed by atoms with E-state index in [0.717, 1.165) is 11.1 Å². The minimum absolute atomic E-state index is 0.168. The number of carboxylic acid groups (broad SMARTS) is 1. The Morgan fingerprint density at radius 3 is 2.62 bits per heavy atom. The lowest BCUT2D eigenvalue weighted by molar-refractivity contribution is -0.115. The fourth-order valence-corrected chi connectivity index (χ4v) is 4.69. The smallest absolute Gasteiger partial charge is 0.335 e. The Labute approximate surface area is 170 Å². The lowest BCUT2D eigenvalue weighted by atomic mass is 10.0. The summed E-state index contributed by atoms with van der Waals surface area (Å²) in [6.07, 6.45) is 0. The summed E-state index contributed by atoms with van der Waals surface area (Å²) in [5, 5.41) is 16.1. The van der Waals surface area contributed by atoms with Gasteiger partial charge in [0.05, 0.1) is 27.4 Å². The molecule has 4 rings (SSSR count). The summed E-state index contributed by atoms with van der Waals surface area (Å²) in [6, 6.07) is 12.6. The van der Waals surface area contributed by atoms with Crippen LogP contribution in [0.15, 0.2) is 48.5 Å². The second kappa shape index (κ2) is 7.36. The van der Waals surface area contributed by atoms with Gasteiger partial charge in [-0.05, 0) is 49.7 Å². The van der Waals surface area contributed by atoms with E-state index in [1.165, 1.54) is 23.9 Å². The van der Waals surface area contributed by atoms with Crippen LogP contribution >= 0.6 is 11.8 Å². The van der Waals surface area contributed by atoms with Gasteiger partial charge in [0.15, 0.2) is 0 Å². The molecule has 1 amide bonds. The second-order valence-electron chi connectivity index (χ2n) is 6.81. The first-order valence-corrected chi connectivity index (χ1v) is 9.94. The Morgan fingerprint density at radius 2 is 1.97 bits per heavy atom. The molecule has 3 aromatic rings. The van der Waals surface area contributed by atoms with Gasteiger partial charge in [-0.15, -0.1) is 11.8 Å². The molecule has 0 bridgehead atoms. The predicted octanol–water partition coefficient (Wildman–Crippen LogP) is 4.18. The fourth-order valence-electron chi connectivity index (χ4n) is 3.37. The molecule has 6 nitrogen and oxygen atoms in total. The Hall–Kier alpha value is -3.13. The summed E-state index contributed by atoms with van der Waals surface area (Å²) >= 11 is 1.46. The van der Waals surface area contributed by atoms with E-state index in [1.807, 2.05) is 13.8 Å². The van der Waals surface area contributed by atoms with Crippen LogP contribution in [0.1, 0.15) is 39.4 Å². The Morgan fingerprint density at radius 1 is 1.24 bits per heavy atom. The van der Waals surface area contributed by atoms with Gasteiger partial charge in [0.1, 0.15) is 11.6 Å². The quantitative estimate of drug-likeness (QED) is 0.675. The normalized spacial score (nSPS) is 18.7. The molecule has 2 N–H and O–H groups in total. The molecular weight excluding hydrogens is 393 g/mol. The number of aromatic nitrogens is 2. The summed E-state index contributed by atoms with van der Waals surface area (Å²) in [5.74, 6) is -1.06. The first-order valence-electron chi connectivity index (χ1n) is 9.00. The van der Waals surface area contributed by atoms with Crippen LogP contribution in [-0.4, -0.2) is 32.0 Å². The van der Waals surface area contributed by atoms with E-state index in [2.05, 4.69) is 10.4 Å². The van der Waals surface area contributed by atoms with Crippen LogP contribution in [0, 0.1) is 12.7 Å². The number of nitrogens with one attached hydrogen (secondary N) is 1. The van der Waals surface area contributed by atoms with E-state index in [9.17, 15) is 14.0 Å². The molecule has 1 aromatic heterocycles. The van der Waals surface area contributed by atoms with E-state index in [4.69, 9.17) is 5.11 Å². The number of fused-ring (bicyclic) bond motifs is 1. The minimum atomic E-state index is -0.994. The summed E-state index contributed by atoms with van der Waals surface area (Å²) in [5.41, 5.74) is 3.10. The molecule has 29 heavy (non-hydrogen) atoms. The third-order valence-electron chi connectivity index (χ3n) is 4.83. The maximum Gasteiger partial charge on any atom is 0.335 e. The number of aryl methyl sites for hydroxylation is 1. The number of benzene rings is 2. The number of hydrogen-bond acceptors (Lipinski definition) is 4. The molecule has 0 radical (unpaired) electrons. The zero-order valence-electron chi connectivity index (χ0n) is 15.7. The second-order valence-corrected chi connectivity index (χ2v) is 8.26. The van der Waals surface area contributed by atoms with Crippen LogP contribution in [0.5, 0.6) is 0 Å². The van der Waals surface area contributed by atoms with E-state index in [-0.39, 0.29) is 22.0 Å². The van der Waals surface area contributed by atoms with E-state index in [1.54, 1.807) is 41.1 Å². The van der Waals surface area contributed by atoms with Gasteiger partial charge < -0.3 is 10.4 Å². The topological polar surface area (TPSA) is 84.2 Å². The van der Waals surface area contributed by atoms with Crippen LogP contribution in [0.2, 0.25) is 0 Å². The molecule has 0 saturated carbocycles. The summed E-state index contributed by atoms with van der Waals surface area (Å²) in [4.78, 5) is 23.8. The van der Waals surface area contributed by atoms with Crippen molar-refractivity contribution in [2.45, 2.75) is 24.3 Å². The SMILES string of the molecule is Cc1nn(-c2cccc(F)c2)c2c1C(c1ccc(C(=O)O)cc1)SC(C)C(=O)N2. The summed E-state index contributed by atoms with van der Waals surface area (Å²) in [7, 11) is 0. The molecule has 2 heterocycles. The number of aromatic carboxylic acids is 1. The number of rotatable bonds is 3. The molecule has 2 unspecified atom stereocenters. The first-order chi connectivity index (χ1) is 13.8. The van der Waals surface area contributed by atoms with E-state index in [0.29, 0.717) is 17.2 Å². The molecule has 8 heteroatoms. The number of anilines is 1. The van der Waals surface area contributed by atoms with Crippen LogP contribution in [0.3, 0.4) is 0 Å². The largest absolute Gasteiger partial charge is 0.478 e. The number of halogens is 1. The fraction of sp³-hybridized carbons (Fsp3) is 0.190. The minimum Gasteiger partial charge on any atom is -0.478 e. The van der Waals surface area contributed by atoms with Crippen molar-refractivity contribution >= 4 is 29.5 Å². The number of carboxylic acids is 1. The lowest BCUT2D eigenvalue weighted by Crippen LogP contribution is -2.22. The monoisotopic (exact) mass is 411 g/mol. The highest BCUT2D eigenvalue weighted by Gasteiger charge is 2.34. The maximum absolute atomic E-state index is 13.8. The van der Waals surface area contributed by atoms with Gasteiger partial charge in [-0.1, -0.05) is 18.2 Å². The van der Waals surface area contributed by atoms with E-state index >= 15 is 0 Å². The van der Waals surface area contributed by atoms with Gasteiger partial charge in [0, 0.05) is 5.56 Å². The highest BCUT2D eigenvalue weighted by atomic mass is 32.2. The third kappa shape index (κ3) is 3.51. The molecule has 1 aliphatic heterocycles. The number of carbonyl (C=O) groups excluding carboxylic acids is 1. The number of hydrogen-bond donors (Lipinski definition) is 2. The van der Waals surface area contributed by atoms with Crippen molar-refractivity contribution in [1.82, 2.24) is 9.78 Å². The maximum atomic E-state index is 13.8. The average Bonchev–Trinajstić information content (AvgIpc) is 2.94. The standard InChI is InChI=1S/C21H18FN3O3S/c1-11-17-18(13-6-8-14(9-7-13)21(27)28)29-12(2)20(26)23-19(17)25(24-11)16-5-3-4-15(22)10-16/h3-10,12,18H,1-2H3,(H,23,26)(H,27,28). The van der Waals surface area contributed by atoms with Crippen LogP contribution in [0.25, 0.3) is 5.69 Å². The molecule has 1 aliphatic rings. The molecule has 2 atom stereocenters. The van der Waals surface area contributed by atoms with Crippen molar-refractivity contribution in [3.8, 4) is 5.69 Å². The van der Waals surface area contributed by atoms with Gasteiger partial charge in [-0.25, -0.2) is 13.9 Å². The first kappa shape index (κ1) is 19.2. The molecule has 148 valence electrons. The summed E-state index contributed by atoms with van der Waals surface area (Å²) in [6.45, 7) is 3.66. The zero-order valence-corrected chi connectivity index (χ0v) is 16.5. The van der Waals surface area contributed by atoms with E-state index < -0.39 is 11.8 Å². The molecule has 0 aliphatic carbocycles. The number of amides is 1. The summed E-state index contributed by atoms with van der Waals surface area (Å²) < 4.78 is 15.3. The number of carbonyl (C=O) groups is 2. The molecular formula is C21H18FN3O3S. The third-order valence-corrected chi connectivity index (χ3v) is 6.24. The zero-order chi connectivity index (χ0) is 20.7. The number of nitrogens with zero attached hydrogens (tertiary/aromatic N) is 2. The van der Waals surface area contributed by atoms with Crippen molar-refractivity contribution in [1.29, 1.82) is 0 Å².